The van der Waals surface area contributed by atoms with Gasteiger partial charge in [0.05, 0.1) is 37.7 Å². The zero-order valence-electron chi connectivity index (χ0n) is 17.5. The van der Waals surface area contributed by atoms with E-state index in [1.54, 1.807) is 23.0 Å². The number of anilines is 1. The summed E-state index contributed by atoms with van der Waals surface area (Å²) >= 11 is 0. The largest absolute Gasteiger partial charge is 0.379 e. The van der Waals surface area contributed by atoms with Crippen molar-refractivity contribution in [1.82, 2.24) is 30.0 Å². The summed E-state index contributed by atoms with van der Waals surface area (Å²) in [6.07, 6.45) is 1.66. The summed E-state index contributed by atoms with van der Waals surface area (Å²) in [5, 5.41) is 10.3. The number of fused-ring (bicyclic) bond motifs is 1. The van der Waals surface area contributed by atoms with Gasteiger partial charge in [-0.2, -0.15) is 5.10 Å². The number of carbonyl (C=O) groups is 2. The Labute approximate surface area is 184 Å². The Hall–Kier alpha value is -3.63. The SMILES string of the molecule is O=C(CN1CCOCC1)Nc1ccccc1-c1nccc(-c2cc3n(n2)CCNC3=O)n1. The second-order valence-corrected chi connectivity index (χ2v) is 7.64. The van der Waals surface area contributed by atoms with Crippen LogP contribution in [0.5, 0.6) is 0 Å². The van der Waals surface area contributed by atoms with E-state index in [1.165, 1.54) is 0 Å². The van der Waals surface area contributed by atoms with E-state index in [1.807, 2.05) is 24.3 Å². The van der Waals surface area contributed by atoms with Crippen molar-refractivity contribution in [3.05, 3.63) is 48.3 Å². The first-order valence-corrected chi connectivity index (χ1v) is 10.6. The Morgan fingerprint density at radius 2 is 1.97 bits per heavy atom. The average Bonchev–Trinajstić information content (AvgIpc) is 3.26. The van der Waals surface area contributed by atoms with E-state index < -0.39 is 0 Å². The van der Waals surface area contributed by atoms with Gasteiger partial charge in [0.2, 0.25) is 5.91 Å². The molecule has 2 N–H and O–H groups in total. The normalized spacial score (nSPS) is 16.3. The number of aromatic nitrogens is 4. The minimum Gasteiger partial charge on any atom is -0.379 e. The van der Waals surface area contributed by atoms with Gasteiger partial charge in [0.15, 0.2) is 5.82 Å². The van der Waals surface area contributed by atoms with Crippen LogP contribution in [-0.4, -0.2) is 75.9 Å². The molecule has 0 saturated carbocycles. The quantitative estimate of drug-likeness (QED) is 0.617. The molecule has 10 heteroatoms. The highest BCUT2D eigenvalue weighted by molar-refractivity contribution is 5.96. The van der Waals surface area contributed by atoms with Crippen molar-refractivity contribution in [2.45, 2.75) is 6.54 Å². The molecule has 0 spiro atoms. The van der Waals surface area contributed by atoms with E-state index in [-0.39, 0.29) is 11.8 Å². The number of ether oxygens (including phenoxy) is 1. The molecular formula is C22H23N7O3. The van der Waals surface area contributed by atoms with E-state index in [2.05, 4.69) is 30.6 Å². The number of morpholine rings is 1. The standard InChI is InChI=1S/C22H23N7O3/c30-20(14-28-9-11-32-12-10-28)25-16-4-2-1-3-15(16)21-23-6-5-17(26-21)18-13-19-22(31)24-7-8-29(19)27-18/h1-6,13H,7-12,14H2,(H,24,31)(H,25,30). The number of nitrogens with one attached hydrogen (secondary N) is 2. The lowest BCUT2D eigenvalue weighted by atomic mass is 10.1. The maximum absolute atomic E-state index is 12.6. The summed E-state index contributed by atoms with van der Waals surface area (Å²) in [6.45, 7) is 4.25. The molecule has 0 aliphatic carbocycles. The van der Waals surface area contributed by atoms with Gasteiger partial charge in [0, 0.05) is 31.4 Å². The van der Waals surface area contributed by atoms with Crippen molar-refractivity contribution in [2.75, 3.05) is 44.7 Å². The minimum atomic E-state index is -0.141. The molecule has 2 aliphatic heterocycles. The molecule has 5 rings (SSSR count). The Kier molecular flexibility index (Phi) is 5.61. The Balaban J connectivity index is 1.39. The van der Waals surface area contributed by atoms with Gasteiger partial charge in [-0.15, -0.1) is 0 Å². The van der Waals surface area contributed by atoms with Gasteiger partial charge in [0.1, 0.15) is 11.4 Å². The van der Waals surface area contributed by atoms with E-state index >= 15 is 0 Å². The van der Waals surface area contributed by atoms with Crippen LogP contribution < -0.4 is 10.6 Å². The number of rotatable bonds is 5. The third-order valence-electron chi connectivity index (χ3n) is 5.45. The Morgan fingerprint density at radius 1 is 1.12 bits per heavy atom. The summed E-state index contributed by atoms with van der Waals surface area (Å²) in [7, 11) is 0. The lowest BCUT2D eigenvalue weighted by Gasteiger charge is -2.25. The van der Waals surface area contributed by atoms with Gasteiger partial charge in [-0.25, -0.2) is 9.97 Å². The van der Waals surface area contributed by atoms with Crippen LogP contribution in [0.3, 0.4) is 0 Å². The molecule has 0 bridgehead atoms. The summed E-state index contributed by atoms with van der Waals surface area (Å²) in [4.78, 5) is 35.8. The fourth-order valence-electron chi connectivity index (χ4n) is 3.83. The summed E-state index contributed by atoms with van der Waals surface area (Å²) in [5.74, 6) is 0.237. The topological polar surface area (TPSA) is 114 Å². The summed E-state index contributed by atoms with van der Waals surface area (Å²) in [6, 6.07) is 10.9. The molecule has 0 radical (unpaired) electrons. The molecule has 2 aliphatic rings. The summed E-state index contributed by atoms with van der Waals surface area (Å²) in [5.41, 5.74) is 3.09. The Morgan fingerprint density at radius 3 is 2.81 bits per heavy atom. The fraction of sp³-hybridized carbons (Fsp3) is 0.318. The van der Waals surface area contributed by atoms with Crippen molar-refractivity contribution in [3.8, 4) is 22.8 Å². The number of benzene rings is 1. The molecule has 2 aromatic heterocycles. The number of carbonyl (C=O) groups excluding carboxylic acids is 2. The minimum absolute atomic E-state index is 0.0942. The van der Waals surface area contributed by atoms with Crippen LogP contribution in [0.25, 0.3) is 22.8 Å². The van der Waals surface area contributed by atoms with Gasteiger partial charge in [0.25, 0.3) is 5.91 Å². The summed E-state index contributed by atoms with van der Waals surface area (Å²) < 4.78 is 7.03. The number of para-hydroxylation sites is 1. The second kappa shape index (κ2) is 8.85. The zero-order valence-corrected chi connectivity index (χ0v) is 17.5. The zero-order chi connectivity index (χ0) is 21.9. The fourth-order valence-corrected chi connectivity index (χ4v) is 3.83. The van der Waals surface area contributed by atoms with Crippen molar-refractivity contribution in [2.24, 2.45) is 0 Å². The highest BCUT2D eigenvalue weighted by atomic mass is 16.5. The van der Waals surface area contributed by atoms with Crippen molar-refractivity contribution < 1.29 is 14.3 Å². The monoisotopic (exact) mass is 433 g/mol. The molecule has 32 heavy (non-hydrogen) atoms. The third-order valence-corrected chi connectivity index (χ3v) is 5.45. The smallest absolute Gasteiger partial charge is 0.269 e. The molecule has 0 unspecified atom stereocenters. The second-order valence-electron chi connectivity index (χ2n) is 7.64. The van der Waals surface area contributed by atoms with Crippen molar-refractivity contribution >= 4 is 17.5 Å². The van der Waals surface area contributed by atoms with Crippen LogP contribution in [0.15, 0.2) is 42.6 Å². The molecule has 2 amide bonds. The third kappa shape index (κ3) is 4.23. The molecule has 3 aromatic rings. The first-order chi connectivity index (χ1) is 15.7. The van der Waals surface area contributed by atoms with Crippen LogP contribution in [0, 0.1) is 0 Å². The van der Waals surface area contributed by atoms with Crippen LogP contribution in [0.1, 0.15) is 10.5 Å². The van der Waals surface area contributed by atoms with Gasteiger partial charge in [-0.05, 0) is 24.3 Å². The van der Waals surface area contributed by atoms with Crippen LogP contribution in [-0.2, 0) is 16.1 Å². The van der Waals surface area contributed by atoms with E-state index in [0.717, 1.165) is 13.1 Å². The number of nitrogens with zero attached hydrogens (tertiary/aromatic N) is 5. The highest BCUT2D eigenvalue weighted by Crippen LogP contribution is 2.27. The van der Waals surface area contributed by atoms with Gasteiger partial charge >= 0.3 is 0 Å². The lowest BCUT2D eigenvalue weighted by Crippen LogP contribution is -2.41. The molecule has 4 heterocycles. The first-order valence-electron chi connectivity index (χ1n) is 10.6. The van der Waals surface area contributed by atoms with E-state index in [9.17, 15) is 9.59 Å². The van der Waals surface area contributed by atoms with Crippen LogP contribution >= 0.6 is 0 Å². The molecule has 1 aromatic carbocycles. The first kappa shape index (κ1) is 20.3. The molecular weight excluding hydrogens is 410 g/mol. The van der Waals surface area contributed by atoms with Crippen molar-refractivity contribution in [3.63, 3.8) is 0 Å². The predicted molar refractivity (Wildman–Crippen MR) is 117 cm³/mol. The maximum Gasteiger partial charge on any atom is 0.269 e. The van der Waals surface area contributed by atoms with Crippen LogP contribution in [0.2, 0.25) is 0 Å². The number of hydrogen-bond acceptors (Lipinski definition) is 7. The highest BCUT2D eigenvalue weighted by Gasteiger charge is 2.21. The molecule has 10 nitrogen and oxygen atoms in total. The average molecular weight is 433 g/mol. The van der Waals surface area contributed by atoms with E-state index in [4.69, 9.17) is 4.74 Å². The number of amides is 2. The Bertz CT molecular complexity index is 1150. The maximum atomic E-state index is 12.6. The van der Waals surface area contributed by atoms with Gasteiger partial charge < -0.3 is 15.4 Å². The van der Waals surface area contributed by atoms with E-state index in [0.29, 0.717) is 67.0 Å². The molecule has 1 saturated heterocycles. The molecule has 1 fully saturated rings. The predicted octanol–water partition coefficient (Wildman–Crippen LogP) is 1.02. The van der Waals surface area contributed by atoms with Gasteiger partial charge in [-0.1, -0.05) is 12.1 Å². The van der Waals surface area contributed by atoms with Crippen molar-refractivity contribution in [1.29, 1.82) is 0 Å². The molecule has 0 atom stereocenters. The van der Waals surface area contributed by atoms with Crippen LogP contribution in [0.4, 0.5) is 5.69 Å². The molecule has 164 valence electrons. The number of hydrogen-bond donors (Lipinski definition) is 2. The lowest BCUT2D eigenvalue weighted by molar-refractivity contribution is -0.118. The van der Waals surface area contributed by atoms with Gasteiger partial charge in [-0.3, -0.25) is 19.2 Å².